The van der Waals surface area contributed by atoms with Crippen LogP contribution < -0.4 is 5.43 Å². The minimum atomic E-state index is 0.304. The van der Waals surface area contributed by atoms with Gasteiger partial charge < -0.3 is 10.5 Å². The maximum absolute atomic E-state index is 9.75. The fourth-order valence-corrected chi connectivity index (χ4v) is 5.68. The lowest BCUT2D eigenvalue weighted by molar-refractivity contribution is 0.0954. The predicted octanol–water partition coefficient (Wildman–Crippen LogP) is 3.82. The highest BCUT2D eigenvalue weighted by atomic mass is 16.3. The van der Waals surface area contributed by atoms with Gasteiger partial charge in [0, 0.05) is 18.2 Å². The predicted molar refractivity (Wildman–Crippen MR) is 89.2 cm³/mol. The smallest absolute Gasteiger partial charge is 0.115 e. The largest absolute Gasteiger partial charge is 0.508 e. The number of hydrazone groups is 1. The van der Waals surface area contributed by atoms with Gasteiger partial charge in [-0.2, -0.15) is 5.10 Å². The molecule has 2 N–H and O–H groups in total. The molecule has 0 heterocycles. The molecule has 0 bridgehead atoms. The van der Waals surface area contributed by atoms with E-state index in [-0.39, 0.29) is 0 Å². The summed E-state index contributed by atoms with van der Waals surface area (Å²) in [7, 11) is 1.92. The van der Waals surface area contributed by atoms with Crippen LogP contribution in [0.3, 0.4) is 0 Å². The summed E-state index contributed by atoms with van der Waals surface area (Å²) < 4.78 is 0. The second kappa shape index (κ2) is 5.00. The second-order valence-electron chi connectivity index (χ2n) is 7.58. The average Bonchev–Trinajstić information content (AvgIpc) is 2.84. The molecule has 1 aromatic carbocycles. The molecule has 2 fully saturated rings. The van der Waals surface area contributed by atoms with E-state index in [0.717, 1.165) is 24.7 Å². The first-order chi connectivity index (χ1) is 10.6. The lowest BCUT2D eigenvalue weighted by atomic mass is 9.55. The number of benzene rings is 1. The third-order valence-corrected chi connectivity index (χ3v) is 6.70. The highest BCUT2D eigenvalue weighted by molar-refractivity contribution is 5.92. The summed E-state index contributed by atoms with van der Waals surface area (Å²) in [6.07, 6.45) is 7.36. The van der Waals surface area contributed by atoms with Gasteiger partial charge in [0.15, 0.2) is 0 Å². The molecule has 3 aliphatic rings. The summed E-state index contributed by atoms with van der Waals surface area (Å²) in [4.78, 5) is 0. The standard InChI is InChI=1S/C19H26N2O/c1-19-10-9-15-14-6-4-13(22)11-12(14)3-5-16(15)17(19)7-8-18(19)21-20-2/h4,6,11,15-17,20,22H,3,5,7-10H2,1-2H3/b21-18-/t15-,16-,17-,19-/m0/s1. The lowest BCUT2D eigenvalue weighted by Crippen LogP contribution is -2.42. The molecule has 4 rings (SSSR count). The van der Waals surface area contributed by atoms with E-state index >= 15 is 0 Å². The Morgan fingerprint density at radius 2 is 2.09 bits per heavy atom. The van der Waals surface area contributed by atoms with E-state index in [0.29, 0.717) is 17.1 Å². The van der Waals surface area contributed by atoms with Gasteiger partial charge in [0.2, 0.25) is 0 Å². The number of aromatic hydroxyl groups is 1. The van der Waals surface area contributed by atoms with Gasteiger partial charge in [0.25, 0.3) is 0 Å². The van der Waals surface area contributed by atoms with Crippen molar-refractivity contribution in [2.24, 2.45) is 22.4 Å². The topological polar surface area (TPSA) is 44.6 Å². The van der Waals surface area contributed by atoms with Crippen molar-refractivity contribution in [1.29, 1.82) is 0 Å². The van der Waals surface area contributed by atoms with Crippen molar-refractivity contribution in [1.82, 2.24) is 5.43 Å². The molecular formula is C19H26N2O. The second-order valence-corrected chi connectivity index (χ2v) is 7.58. The first-order valence-electron chi connectivity index (χ1n) is 8.69. The molecule has 1 aromatic rings. The molecule has 3 heteroatoms. The highest BCUT2D eigenvalue weighted by Crippen LogP contribution is 2.59. The third-order valence-electron chi connectivity index (χ3n) is 6.70. The lowest BCUT2D eigenvalue weighted by Gasteiger charge is -2.49. The van der Waals surface area contributed by atoms with Gasteiger partial charge in [-0.1, -0.05) is 13.0 Å². The number of fused-ring (bicyclic) bond motifs is 5. The molecule has 22 heavy (non-hydrogen) atoms. The van der Waals surface area contributed by atoms with Crippen LogP contribution >= 0.6 is 0 Å². The van der Waals surface area contributed by atoms with Gasteiger partial charge in [-0.25, -0.2) is 0 Å². The maximum Gasteiger partial charge on any atom is 0.115 e. The molecule has 3 aliphatic carbocycles. The quantitative estimate of drug-likeness (QED) is 0.774. The van der Waals surface area contributed by atoms with Crippen LogP contribution in [0.4, 0.5) is 0 Å². The Labute approximate surface area is 132 Å². The van der Waals surface area contributed by atoms with Gasteiger partial charge in [0.05, 0.1) is 0 Å². The normalized spacial score (nSPS) is 38.3. The number of nitrogens with zero attached hydrogens (tertiary/aromatic N) is 1. The Morgan fingerprint density at radius 1 is 1.23 bits per heavy atom. The summed E-state index contributed by atoms with van der Waals surface area (Å²) in [6.45, 7) is 2.45. The summed E-state index contributed by atoms with van der Waals surface area (Å²) in [5.74, 6) is 2.68. The van der Waals surface area contributed by atoms with Crippen molar-refractivity contribution >= 4 is 5.71 Å². The van der Waals surface area contributed by atoms with Crippen LogP contribution in [-0.4, -0.2) is 17.9 Å². The monoisotopic (exact) mass is 298 g/mol. The van der Waals surface area contributed by atoms with Crippen LogP contribution in [0.2, 0.25) is 0 Å². The number of hydrogen-bond donors (Lipinski definition) is 2. The minimum absolute atomic E-state index is 0.304. The van der Waals surface area contributed by atoms with Gasteiger partial charge in [-0.3, -0.25) is 0 Å². The summed E-state index contributed by atoms with van der Waals surface area (Å²) >= 11 is 0. The van der Waals surface area contributed by atoms with Crippen LogP contribution in [0.25, 0.3) is 0 Å². The van der Waals surface area contributed by atoms with Crippen LogP contribution in [0.15, 0.2) is 23.3 Å². The number of hydrogen-bond acceptors (Lipinski definition) is 3. The van der Waals surface area contributed by atoms with E-state index in [1.807, 2.05) is 19.2 Å². The molecule has 0 aromatic heterocycles. The van der Waals surface area contributed by atoms with E-state index in [1.54, 1.807) is 0 Å². The average molecular weight is 298 g/mol. The van der Waals surface area contributed by atoms with Crippen molar-refractivity contribution in [2.75, 3.05) is 7.05 Å². The Balaban J connectivity index is 1.69. The van der Waals surface area contributed by atoms with Gasteiger partial charge in [-0.15, -0.1) is 0 Å². The third kappa shape index (κ3) is 1.90. The SMILES string of the molecule is CN/N=C1/CC[C@H]2[C@H]3CCc4cc(O)ccc4[C@@H]3CC[C@]12C. The van der Waals surface area contributed by atoms with Crippen LogP contribution in [-0.2, 0) is 6.42 Å². The number of rotatable bonds is 1. The fraction of sp³-hybridized carbons (Fsp3) is 0.632. The minimum Gasteiger partial charge on any atom is -0.508 e. The molecule has 0 spiro atoms. The Kier molecular flexibility index (Phi) is 3.21. The molecule has 0 amide bonds. The Morgan fingerprint density at radius 3 is 2.91 bits per heavy atom. The summed E-state index contributed by atoms with van der Waals surface area (Å²) in [5.41, 5.74) is 7.62. The summed E-state index contributed by atoms with van der Waals surface area (Å²) in [6, 6.07) is 6.04. The molecule has 0 unspecified atom stereocenters. The zero-order chi connectivity index (χ0) is 15.3. The fourth-order valence-electron chi connectivity index (χ4n) is 5.68. The molecule has 0 saturated heterocycles. The summed E-state index contributed by atoms with van der Waals surface area (Å²) in [5, 5.41) is 14.4. The molecular weight excluding hydrogens is 272 g/mol. The highest BCUT2D eigenvalue weighted by Gasteiger charge is 2.53. The molecule has 4 atom stereocenters. The maximum atomic E-state index is 9.75. The van der Waals surface area contributed by atoms with Crippen molar-refractivity contribution < 1.29 is 5.11 Å². The van der Waals surface area contributed by atoms with Gasteiger partial charge in [-0.05, 0) is 79.5 Å². The number of nitrogens with one attached hydrogen (secondary N) is 1. The number of phenols is 1. The zero-order valence-electron chi connectivity index (χ0n) is 13.6. The number of aryl methyl sites for hydroxylation is 1. The van der Waals surface area contributed by atoms with Gasteiger partial charge in [0.1, 0.15) is 5.75 Å². The van der Waals surface area contributed by atoms with E-state index in [1.165, 1.54) is 42.5 Å². The first kappa shape index (κ1) is 14.1. The van der Waals surface area contributed by atoms with E-state index in [2.05, 4.69) is 23.5 Å². The molecule has 118 valence electrons. The Bertz CT molecular complexity index is 624. The van der Waals surface area contributed by atoms with Crippen LogP contribution in [0.1, 0.15) is 56.1 Å². The van der Waals surface area contributed by atoms with Gasteiger partial charge >= 0.3 is 0 Å². The molecule has 2 saturated carbocycles. The van der Waals surface area contributed by atoms with Crippen molar-refractivity contribution in [3.8, 4) is 5.75 Å². The zero-order valence-corrected chi connectivity index (χ0v) is 13.6. The van der Waals surface area contributed by atoms with Crippen LogP contribution in [0, 0.1) is 17.3 Å². The Hall–Kier alpha value is -1.51. The van der Waals surface area contributed by atoms with Crippen molar-refractivity contribution in [2.45, 2.75) is 51.4 Å². The van der Waals surface area contributed by atoms with E-state index in [9.17, 15) is 5.11 Å². The molecule has 0 radical (unpaired) electrons. The first-order valence-corrected chi connectivity index (χ1v) is 8.69. The van der Waals surface area contributed by atoms with Crippen LogP contribution in [0.5, 0.6) is 5.75 Å². The van der Waals surface area contributed by atoms with E-state index in [4.69, 9.17) is 0 Å². The molecule has 0 aliphatic heterocycles. The van der Waals surface area contributed by atoms with E-state index < -0.39 is 0 Å². The molecule has 3 nitrogen and oxygen atoms in total. The van der Waals surface area contributed by atoms with Crippen molar-refractivity contribution in [3.05, 3.63) is 29.3 Å². The van der Waals surface area contributed by atoms with Crippen molar-refractivity contribution in [3.63, 3.8) is 0 Å². The number of phenolic OH excluding ortho intramolecular Hbond substituents is 1.